The second-order valence-electron chi connectivity index (χ2n) is 3.99. The largest absolute Gasteiger partial charge is 0.389 e. The molecule has 80 valence electrons. The van der Waals surface area contributed by atoms with E-state index in [9.17, 15) is 5.11 Å². The van der Waals surface area contributed by atoms with Gasteiger partial charge >= 0.3 is 0 Å². The monoisotopic (exact) mass is 189 g/mol. The highest BCUT2D eigenvalue weighted by atomic mass is 16.5. The molecule has 0 rings (SSSR count). The Bertz CT molecular complexity index is 118. The zero-order valence-corrected chi connectivity index (χ0v) is 9.45. The van der Waals surface area contributed by atoms with Crippen LogP contribution in [0.15, 0.2) is 0 Å². The summed E-state index contributed by atoms with van der Waals surface area (Å²) in [5, 5.41) is 9.55. The van der Waals surface area contributed by atoms with Crippen molar-refractivity contribution in [2.24, 2.45) is 0 Å². The number of nitrogens with zero attached hydrogens (tertiary/aromatic N) is 1. The SMILES string of the molecule is COC[C@@H](O)CN(C(C)C)C(C)C. The van der Waals surface area contributed by atoms with Gasteiger partial charge in [0.15, 0.2) is 0 Å². The van der Waals surface area contributed by atoms with E-state index in [1.165, 1.54) is 0 Å². The first-order valence-electron chi connectivity index (χ1n) is 4.91. The molecule has 0 radical (unpaired) electrons. The van der Waals surface area contributed by atoms with E-state index >= 15 is 0 Å². The minimum Gasteiger partial charge on any atom is -0.389 e. The molecule has 0 saturated heterocycles. The first kappa shape index (κ1) is 12.9. The minimum atomic E-state index is -0.380. The lowest BCUT2D eigenvalue weighted by Gasteiger charge is -2.32. The molecule has 0 aromatic carbocycles. The van der Waals surface area contributed by atoms with Gasteiger partial charge in [-0.15, -0.1) is 0 Å². The number of hydrogen-bond donors (Lipinski definition) is 1. The van der Waals surface area contributed by atoms with Crippen molar-refractivity contribution in [2.75, 3.05) is 20.3 Å². The molecular weight excluding hydrogens is 166 g/mol. The Morgan fingerprint density at radius 2 is 1.62 bits per heavy atom. The number of methoxy groups -OCH3 is 1. The van der Waals surface area contributed by atoms with E-state index < -0.39 is 0 Å². The van der Waals surface area contributed by atoms with Gasteiger partial charge in [0.05, 0.1) is 12.7 Å². The normalized spacial score (nSPS) is 14.5. The number of hydrogen-bond acceptors (Lipinski definition) is 3. The van der Waals surface area contributed by atoms with Gasteiger partial charge in [0.2, 0.25) is 0 Å². The standard InChI is InChI=1S/C10H23NO2/c1-8(2)11(9(3)4)6-10(12)7-13-5/h8-10,12H,6-7H2,1-5H3/t10-/m0/s1. The molecule has 0 aromatic rings. The molecule has 3 heteroatoms. The fourth-order valence-corrected chi connectivity index (χ4v) is 1.51. The Morgan fingerprint density at radius 1 is 1.15 bits per heavy atom. The third kappa shape index (κ3) is 5.24. The maximum absolute atomic E-state index is 9.55. The third-order valence-electron chi connectivity index (χ3n) is 2.11. The Labute approximate surface area is 81.7 Å². The summed E-state index contributed by atoms with van der Waals surface area (Å²) >= 11 is 0. The lowest BCUT2D eigenvalue weighted by atomic mass is 10.2. The first-order chi connectivity index (χ1) is 5.99. The molecule has 0 aliphatic carbocycles. The van der Waals surface area contributed by atoms with E-state index in [1.54, 1.807) is 7.11 Å². The van der Waals surface area contributed by atoms with Gasteiger partial charge in [-0.05, 0) is 27.7 Å². The topological polar surface area (TPSA) is 32.7 Å². The molecule has 1 N–H and O–H groups in total. The highest BCUT2D eigenvalue weighted by Gasteiger charge is 2.16. The van der Waals surface area contributed by atoms with Crippen LogP contribution in [0.25, 0.3) is 0 Å². The molecule has 0 bridgehead atoms. The molecule has 0 fully saturated rings. The molecule has 0 heterocycles. The number of aliphatic hydroxyl groups excluding tert-OH is 1. The van der Waals surface area contributed by atoms with Crippen LogP contribution in [-0.4, -0.2) is 48.5 Å². The summed E-state index contributed by atoms with van der Waals surface area (Å²) in [5.41, 5.74) is 0. The van der Waals surface area contributed by atoms with E-state index in [0.29, 0.717) is 25.2 Å². The van der Waals surface area contributed by atoms with E-state index in [1.807, 2.05) is 0 Å². The maximum Gasteiger partial charge on any atom is 0.0900 e. The van der Waals surface area contributed by atoms with Crippen LogP contribution in [0.4, 0.5) is 0 Å². The summed E-state index contributed by atoms with van der Waals surface area (Å²) < 4.78 is 4.89. The molecule has 0 aromatic heterocycles. The van der Waals surface area contributed by atoms with E-state index in [4.69, 9.17) is 4.74 Å². The lowest BCUT2D eigenvalue weighted by molar-refractivity contribution is 0.0211. The minimum absolute atomic E-state index is 0.380. The van der Waals surface area contributed by atoms with Crippen molar-refractivity contribution >= 4 is 0 Å². The summed E-state index contributed by atoms with van der Waals surface area (Å²) in [5.74, 6) is 0. The predicted octanol–water partition coefficient (Wildman–Crippen LogP) is 1.11. The molecule has 13 heavy (non-hydrogen) atoms. The highest BCUT2D eigenvalue weighted by molar-refractivity contribution is 4.71. The van der Waals surface area contributed by atoms with Crippen LogP contribution < -0.4 is 0 Å². The van der Waals surface area contributed by atoms with Crippen molar-refractivity contribution < 1.29 is 9.84 Å². The fourth-order valence-electron chi connectivity index (χ4n) is 1.51. The van der Waals surface area contributed by atoms with Crippen molar-refractivity contribution in [3.63, 3.8) is 0 Å². The Hall–Kier alpha value is -0.120. The van der Waals surface area contributed by atoms with Gasteiger partial charge in [0, 0.05) is 25.7 Å². The number of ether oxygens (including phenoxy) is 1. The lowest BCUT2D eigenvalue weighted by Crippen LogP contribution is -2.43. The molecule has 1 atom stereocenters. The zero-order chi connectivity index (χ0) is 10.4. The van der Waals surface area contributed by atoms with Crippen LogP contribution in [0.2, 0.25) is 0 Å². The Morgan fingerprint density at radius 3 is 1.92 bits per heavy atom. The summed E-state index contributed by atoms with van der Waals surface area (Å²) in [6.45, 7) is 9.65. The van der Waals surface area contributed by atoms with Gasteiger partial charge in [-0.2, -0.15) is 0 Å². The molecule has 0 aliphatic heterocycles. The molecule has 3 nitrogen and oxygen atoms in total. The van der Waals surface area contributed by atoms with Gasteiger partial charge in [0.25, 0.3) is 0 Å². The summed E-state index contributed by atoms with van der Waals surface area (Å²) in [4.78, 5) is 2.25. The number of rotatable bonds is 6. The van der Waals surface area contributed by atoms with Crippen LogP contribution >= 0.6 is 0 Å². The van der Waals surface area contributed by atoms with Crippen molar-refractivity contribution in [2.45, 2.75) is 45.9 Å². The van der Waals surface area contributed by atoms with Crippen molar-refractivity contribution in [1.29, 1.82) is 0 Å². The second-order valence-corrected chi connectivity index (χ2v) is 3.99. The average Bonchev–Trinajstić information content (AvgIpc) is 1.99. The molecular formula is C10H23NO2. The smallest absolute Gasteiger partial charge is 0.0900 e. The fraction of sp³-hybridized carbons (Fsp3) is 1.00. The molecule has 0 saturated carbocycles. The van der Waals surface area contributed by atoms with Crippen LogP contribution in [-0.2, 0) is 4.74 Å². The van der Waals surface area contributed by atoms with Gasteiger partial charge < -0.3 is 9.84 Å². The van der Waals surface area contributed by atoms with Crippen molar-refractivity contribution in [1.82, 2.24) is 4.90 Å². The van der Waals surface area contributed by atoms with Crippen LogP contribution in [0.5, 0.6) is 0 Å². The summed E-state index contributed by atoms with van der Waals surface area (Å²) in [6, 6.07) is 0.929. The summed E-state index contributed by atoms with van der Waals surface area (Å²) in [6.07, 6.45) is -0.380. The highest BCUT2D eigenvalue weighted by Crippen LogP contribution is 2.05. The second kappa shape index (κ2) is 6.35. The predicted molar refractivity (Wildman–Crippen MR) is 54.9 cm³/mol. The van der Waals surface area contributed by atoms with Gasteiger partial charge in [-0.3, -0.25) is 4.90 Å². The average molecular weight is 189 g/mol. The maximum atomic E-state index is 9.55. The van der Waals surface area contributed by atoms with Crippen molar-refractivity contribution in [3.8, 4) is 0 Å². The molecule has 0 amide bonds. The third-order valence-corrected chi connectivity index (χ3v) is 2.11. The van der Waals surface area contributed by atoms with Crippen molar-refractivity contribution in [3.05, 3.63) is 0 Å². The van der Waals surface area contributed by atoms with Gasteiger partial charge in [-0.25, -0.2) is 0 Å². The van der Waals surface area contributed by atoms with E-state index in [2.05, 4.69) is 32.6 Å². The molecule has 0 aliphatic rings. The van der Waals surface area contributed by atoms with Crippen LogP contribution in [0.1, 0.15) is 27.7 Å². The van der Waals surface area contributed by atoms with Gasteiger partial charge in [-0.1, -0.05) is 0 Å². The zero-order valence-electron chi connectivity index (χ0n) is 9.45. The Kier molecular flexibility index (Phi) is 6.29. The molecule has 0 spiro atoms. The van der Waals surface area contributed by atoms with Crippen LogP contribution in [0, 0.1) is 0 Å². The van der Waals surface area contributed by atoms with E-state index in [0.717, 1.165) is 0 Å². The molecule has 0 unspecified atom stereocenters. The Balaban J connectivity index is 3.94. The van der Waals surface area contributed by atoms with Gasteiger partial charge in [0.1, 0.15) is 0 Å². The first-order valence-corrected chi connectivity index (χ1v) is 4.91. The van der Waals surface area contributed by atoms with Crippen LogP contribution in [0.3, 0.4) is 0 Å². The van der Waals surface area contributed by atoms with E-state index in [-0.39, 0.29) is 6.10 Å². The quantitative estimate of drug-likeness (QED) is 0.679. The summed E-state index contributed by atoms with van der Waals surface area (Å²) in [7, 11) is 1.61. The number of aliphatic hydroxyl groups is 1.